The molecule has 106 valence electrons. The molecule has 0 radical (unpaired) electrons. The Hall–Kier alpha value is -0.410. The Morgan fingerprint density at radius 2 is 2.16 bits per heavy atom. The van der Waals surface area contributed by atoms with Gasteiger partial charge >= 0.3 is 0 Å². The van der Waals surface area contributed by atoms with E-state index in [0.717, 1.165) is 17.9 Å². The van der Waals surface area contributed by atoms with Crippen LogP contribution in [0.25, 0.3) is 0 Å². The van der Waals surface area contributed by atoms with E-state index in [0.29, 0.717) is 16.4 Å². The monoisotopic (exact) mass is 327 g/mol. The normalized spacial score (nSPS) is 27.5. The van der Waals surface area contributed by atoms with Crippen LogP contribution in [0.4, 0.5) is 4.39 Å². The van der Waals surface area contributed by atoms with Gasteiger partial charge in [-0.2, -0.15) is 0 Å². The molecule has 1 nitrogen and oxygen atoms in total. The van der Waals surface area contributed by atoms with Crippen LogP contribution in [-0.2, 0) is 6.42 Å². The molecule has 0 heterocycles. The van der Waals surface area contributed by atoms with E-state index in [1.54, 1.807) is 0 Å². The average Bonchev–Trinajstić information content (AvgIpc) is 2.43. The molecule has 0 bridgehead atoms. The molecule has 19 heavy (non-hydrogen) atoms. The zero-order chi connectivity index (χ0) is 13.8. The second-order valence-corrected chi connectivity index (χ2v) is 6.45. The molecular weight excluding hydrogens is 305 g/mol. The SMILES string of the molecule is CCC1CCC(NC)C(Cc2cccc(F)c2Br)C1. The number of hydrogen-bond donors (Lipinski definition) is 1. The Balaban J connectivity index is 2.12. The maximum atomic E-state index is 13.6. The second-order valence-electron chi connectivity index (χ2n) is 5.66. The zero-order valence-corrected chi connectivity index (χ0v) is 13.3. The summed E-state index contributed by atoms with van der Waals surface area (Å²) in [5.74, 6) is 1.30. The highest BCUT2D eigenvalue weighted by Gasteiger charge is 2.29. The Bertz CT molecular complexity index is 421. The molecule has 3 atom stereocenters. The lowest BCUT2D eigenvalue weighted by Gasteiger charge is -2.36. The zero-order valence-electron chi connectivity index (χ0n) is 11.8. The first kappa shape index (κ1) is 15.0. The van der Waals surface area contributed by atoms with Crippen LogP contribution in [0.15, 0.2) is 22.7 Å². The summed E-state index contributed by atoms with van der Waals surface area (Å²) in [5, 5.41) is 3.44. The average molecular weight is 328 g/mol. The third-order valence-electron chi connectivity index (χ3n) is 4.55. The third-order valence-corrected chi connectivity index (χ3v) is 5.44. The summed E-state index contributed by atoms with van der Waals surface area (Å²) in [6.07, 6.45) is 6.04. The highest BCUT2D eigenvalue weighted by atomic mass is 79.9. The first-order valence-electron chi connectivity index (χ1n) is 7.25. The molecule has 0 saturated heterocycles. The van der Waals surface area contributed by atoms with Crippen LogP contribution in [-0.4, -0.2) is 13.1 Å². The molecule has 2 rings (SSSR count). The van der Waals surface area contributed by atoms with E-state index in [9.17, 15) is 4.39 Å². The van der Waals surface area contributed by atoms with Crippen molar-refractivity contribution in [2.75, 3.05) is 7.05 Å². The number of benzene rings is 1. The first-order valence-corrected chi connectivity index (χ1v) is 8.05. The molecule has 3 unspecified atom stereocenters. The van der Waals surface area contributed by atoms with Gasteiger partial charge < -0.3 is 5.32 Å². The van der Waals surface area contributed by atoms with E-state index in [2.05, 4.69) is 28.2 Å². The van der Waals surface area contributed by atoms with Crippen LogP contribution >= 0.6 is 15.9 Å². The minimum absolute atomic E-state index is 0.152. The van der Waals surface area contributed by atoms with Crippen LogP contribution in [0.2, 0.25) is 0 Å². The Kier molecular flexibility index (Phi) is 5.40. The lowest BCUT2D eigenvalue weighted by molar-refractivity contribution is 0.205. The van der Waals surface area contributed by atoms with Gasteiger partial charge in [0.2, 0.25) is 0 Å². The molecule has 1 aromatic carbocycles. The van der Waals surface area contributed by atoms with Crippen molar-refractivity contribution in [1.82, 2.24) is 5.32 Å². The highest BCUT2D eigenvalue weighted by molar-refractivity contribution is 9.10. The van der Waals surface area contributed by atoms with Gasteiger partial charge in [0, 0.05) is 6.04 Å². The van der Waals surface area contributed by atoms with Gasteiger partial charge in [-0.15, -0.1) is 0 Å². The summed E-state index contributed by atoms with van der Waals surface area (Å²) >= 11 is 3.39. The van der Waals surface area contributed by atoms with Crippen LogP contribution in [0.1, 0.15) is 38.2 Å². The molecule has 1 fully saturated rings. The smallest absolute Gasteiger partial charge is 0.137 e. The van der Waals surface area contributed by atoms with Gasteiger partial charge in [0.05, 0.1) is 4.47 Å². The van der Waals surface area contributed by atoms with Crippen LogP contribution in [0, 0.1) is 17.7 Å². The van der Waals surface area contributed by atoms with Gasteiger partial charge in [-0.25, -0.2) is 4.39 Å². The van der Waals surface area contributed by atoms with E-state index >= 15 is 0 Å². The molecule has 0 spiro atoms. The quantitative estimate of drug-likeness (QED) is 0.855. The van der Waals surface area contributed by atoms with Crippen molar-refractivity contribution in [1.29, 1.82) is 0 Å². The van der Waals surface area contributed by atoms with Gasteiger partial charge in [0.1, 0.15) is 5.82 Å². The summed E-state index contributed by atoms with van der Waals surface area (Å²) in [4.78, 5) is 0. The molecule has 1 aliphatic carbocycles. The molecule has 1 aliphatic rings. The van der Waals surface area contributed by atoms with Gasteiger partial charge in [0.25, 0.3) is 0 Å². The molecule has 1 aromatic rings. The van der Waals surface area contributed by atoms with E-state index in [-0.39, 0.29) is 5.82 Å². The number of rotatable bonds is 4. The summed E-state index contributed by atoms with van der Waals surface area (Å²) in [6.45, 7) is 2.28. The number of nitrogens with one attached hydrogen (secondary N) is 1. The molecule has 3 heteroatoms. The standard InChI is InChI=1S/C16H23BrFN/c1-3-11-7-8-15(19-2)13(9-11)10-12-5-4-6-14(18)16(12)17/h4-6,11,13,15,19H,3,7-10H2,1-2H3. The predicted octanol–water partition coefficient (Wildman–Crippen LogP) is 4.55. The Labute approximate surface area is 124 Å². The van der Waals surface area contributed by atoms with Gasteiger partial charge in [-0.05, 0) is 72.1 Å². The second kappa shape index (κ2) is 6.85. The van der Waals surface area contributed by atoms with Gasteiger partial charge in [-0.1, -0.05) is 25.5 Å². The number of hydrogen-bond acceptors (Lipinski definition) is 1. The van der Waals surface area contributed by atoms with Gasteiger partial charge in [0.15, 0.2) is 0 Å². The fourth-order valence-corrected chi connectivity index (χ4v) is 3.75. The Morgan fingerprint density at radius 3 is 2.84 bits per heavy atom. The third kappa shape index (κ3) is 3.57. The van der Waals surface area contributed by atoms with Crippen LogP contribution < -0.4 is 5.32 Å². The first-order chi connectivity index (χ1) is 9.15. The molecule has 0 aromatic heterocycles. The lowest BCUT2D eigenvalue weighted by Crippen LogP contribution is -2.39. The fourth-order valence-electron chi connectivity index (χ4n) is 3.33. The van der Waals surface area contributed by atoms with E-state index in [1.165, 1.54) is 31.7 Å². The summed E-state index contributed by atoms with van der Waals surface area (Å²) < 4.78 is 14.2. The van der Waals surface area contributed by atoms with Crippen molar-refractivity contribution < 1.29 is 4.39 Å². The summed E-state index contributed by atoms with van der Waals surface area (Å²) in [6, 6.07) is 5.93. The van der Waals surface area contributed by atoms with Crippen molar-refractivity contribution in [3.05, 3.63) is 34.1 Å². The van der Waals surface area contributed by atoms with Crippen LogP contribution in [0.3, 0.4) is 0 Å². The summed E-state index contributed by atoms with van der Waals surface area (Å²) in [7, 11) is 2.05. The van der Waals surface area contributed by atoms with Crippen molar-refractivity contribution in [3.8, 4) is 0 Å². The van der Waals surface area contributed by atoms with E-state index in [1.807, 2.05) is 19.2 Å². The predicted molar refractivity (Wildman–Crippen MR) is 81.8 cm³/mol. The highest BCUT2D eigenvalue weighted by Crippen LogP contribution is 2.35. The van der Waals surface area contributed by atoms with E-state index < -0.39 is 0 Å². The molecule has 0 aliphatic heterocycles. The minimum atomic E-state index is -0.152. The lowest BCUT2D eigenvalue weighted by atomic mass is 9.74. The molecule has 1 N–H and O–H groups in total. The largest absolute Gasteiger partial charge is 0.317 e. The van der Waals surface area contributed by atoms with Crippen molar-refractivity contribution in [3.63, 3.8) is 0 Å². The van der Waals surface area contributed by atoms with Crippen molar-refractivity contribution >= 4 is 15.9 Å². The minimum Gasteiger partial charge on any atom is -0.317 e. The molecular formula is C16H23BrFN. The molecule has 0 amide bonds. The summed E-state index contributed by atoms with van der Waals surface area (Å²) in [5.41, 5.74) is 1.10. The van der Waals surface area contributed by atoms with Crippen molar-refractivity contribution in [2.24, 2.45) is 11.8 Å². The van der Waals surface area contributed by atoms with Crippen LogP contribution in [0.5, 0.6) is 0 Å². The van der Waals surface area contributed by atoms with Gasteiger partial charge in [-0.3, -0.25) is 0 Å². The maximum Gasteiger partial charge on any atom is 0.137 e. The van der Waals surface area contributed by atoms with E-state index in [4.69, 9.17) is 0 Å². The maximum absolute atomic E-state index is 13.6. The number of halogens is 2. The van der Waals surface area contributed by atoms with Crippen molar-refractivity contribution in [2.45, 2.75) is 45.1 Å². The Morgan fingerprint density at radius 1 is 1.37 bits per heavy atom. The molecule has 1 saturated carbocycles. The fraction of sp³-hybridized carbons (Fsp3) is 0.625. The topological polar surface area (TPSA) is 12.0 Å².